The van der Waals surface area contributed by atoms with Crippen molar-refractivity contribution in [2.75, 3.05) is 32.7 Å². The van der Waals surface area contributed by atoms with E-state index in [1.165, 1.54) is 0 Å². The van der Waals surface area contributed by atoms with E-state index in [1.807, 2.05) is 0 Å². The molecule has 0 atom stereocenters. The van der Waals surface area contributed by atoms with Gasteiger partial charge in [0.2, 0.25) is 0 Å². The Hall–Kier alpha value is -1.46. The van der Waals surface area contributed by atoms with Gasteiger partial charge in [0.05, 0.1) is 7.11 Å². The molecule has 1 aliphatic rings. The van der Waals surface area contributed by atoms with Crippen LogP contribution in [0.4, 0.5) is 5.69 Å². The van der Waals surface area contributed by atoms with Crippen molar-refractivity contribution in [1.29, 1.82) is 0 Å². The second-order valence-electron chi connectivity index (χ2n) is 4.54. The Kier molecular flexibility index (Phi) is 3.93. The number of ether oxygens (including phenoxy) is 3. The Balaban J connectivity index is 2.01. The van der Waals surface area contributed by atoms with Gasteiger partial charge in [-0.25, -0.2) is 0 Å². The first-order valence-electron chi connectivity index (χ1n) is 5.99. The summed E-state index contributed by atoms with van der Waals surface area (Å²) >= 11 is 0. The van der Waals surface area contributed by atoms with Gasteiger partial charge in [0.15, 0.2) is 11.5 Å². The number of methoxy groups -OCH3 is 1. The minimum absolute atomic E-state index is 0.233. The van der Waals surface area contributed by atoms with Crippen LogP contribution in [0.3, 0.4) is 0 Å². The lowest BCUT2D eigenvalue weighted by atomic mass is 9.96. The fraction of sp³-hybridized carbons (Fsp3) is 0.538. The lowest BCUT2D eigenvalue weighted by Crippen LogP contribution is -2.41. The van der Waals surface area contributed by atoms with E-state index < -0.39 is 5.60 Å². The van der Waals surface area contributed by atoms with Crippen molar-refractivity contribution in [2.45, 2.75) is 18.4 Å². The van der Waals surface area contributed by atoms with Crippen molar-refractivity contribution in [3.63, 3.8) is 0 Å². The zero-order valence-corrected chi connectivity index (χ0v) is 10.5. The molecule has 1 heterocycles. The van der Waals surface area contributed by atoms with E-state index in [0.717, 1.165) is 0 Å². The quantitative estimate of drug-likeness (QED) is 0.789. The first-order valence-corrected chi connectivity index (χ1v) is 5.99. The molecule has 0 amide bonds. The van der Waals surface area contributed by atoms with Crippen molar-refractivity contribution in [1.82, 2.24) is 0 Å². The highest BCUT2D eigenvalue weighted by atomic mass is 16.5. The van der Waals surface area contributed by atoms with Crippen LogP contribution in [0, 0.1) is 0 Å². The molecule has 18 heavy (non-hydrogen) atoms. The Labute approximate surface area is 106 Å². The maximum Gasteiger partial charge on any atom is 0.162 e. The molecular formula is C13H19NO4. The lowest BCUT2D eigenvalue weighted by molar-refractivity contribution is -0.0857. The fourth-order valence-corrected chi connectivity index (χ4v) is 1.91. The van der Waals surface area contributed by atoms with Crippen molar-refractivity contribution in [3.8, 4) is 11.5 Å². The fourth-order valence-electron chi connectivity index (χ4n) is 1.91. The Morgan fingerprint density at radius 1 is 1.33 bits per heavy atom. The molecule has 5 heteroatoms. The lowest BCUT2D eigenvalue weighted by Gasteiger charge is -2.31. The summed E-state index contributed by atoms with van der Waals surface area (Å²) < 4.78 is 16.0. The largest absolute Gasteiger partial charge is 0.493 e. The number of hydrogen-bond donors (Lipinski definition) is 2. The summed E-state index contributed by atoms with van der Waals surface area (Å²) in [5.74, 6) is 1.16. The van der Waals surface area contributed by atoms with E-state index in [-0.39, 0.29) is 6.61 Å². The van der Waals surface area contributed by atoms with Gasteiger partial charge in [0, 0.05) is 37.8 Å². The minimum Gasteiger partial charge on any atom is -0.493 e. The van der Waals surface area contributed by atoms with Gasteiger partial charge < -0.3 is 25.1 Å². The molecule has 1 aliphatic heterocycles. The highest BCUT2D eigenvalue weighted by molar-refractivity contribution is 5.51. The average Bonchev–Trinajstić information content (AvgIpc) is 2.38. The summed E-state index contributed by atoms with van der Waals surface area (Å²) in [6.45, 7) is 1.37. The van der Waals surface area contributed by atoms with E-state index in [2.05, 4.69) is 0 Å². The minimum atomic E-state index is -0.815. The van der Waals surface area contributed by atoms with E-state index in [0.29, 0.717) is 43.2 Å². The first-order chi connectivity index (χ1) is 8.63. The predicted octanol–water partition coefficient (Wildman–Crippen LogP) is 1.20. The molecule has 0 unspecified atom stereocenters. The van der Waals surface area contributed by atoms with Crippen LogP contribution in [-0.4, -0.2) is 37.6 Å². The van der Waals surface area contributed by atoms with Gasteiger partial charge in [-0.1, -0.05) is 0 Å². The van der Waals surface area contributed by atoms with Gasteiger partial charge in [-0.05, 0) is 12.1 Å². The van der Waals surface area contributed by atoms with Gasteiger partial charge >= 0.3 is 0 Å². The maximum atomic E-state index is 10.3. The van der Waals surface area contributed by atoms with Crippen LogP contribution >= 0.6 is 0 Å². The van der Waals surface area contributed by atoms with Crippen LogP contribution in [0.2, 0.25) is 0 Å². The molecule has 0 saturated carbocycles. The van der Waals surface area contributed by atoms with Crippen LogP contribution in [0.15, 0.2) is 18.2 Å². The molecule has 2 rings (SSSR count). The summed E-state index contributed by atoms with van der Waals surface area (Å²) in [7, 11) is 1.56. The third-order valence-corrected chi connectivity index (χ3v) is 3.11. The summed E-state index contributed by atoms with van der Waals surface area (Å²) in [4.78, 5) is 0. The second kappa shape index (κ2) is 5.46. The van der Waals surface area contributed by atoms with E-state index in [4.69, 9.17) is 19.9 Å². The molecular weight excluding hydrogens is 234 g/mol. The number of hydrogen-bond acceptors (Lipinski definition) is 5. The van der Waals surface area contributed by atoms with Crippen molar-refractivity contribution < 1.29 is 19.3 Å². The van der Waals surface area contributed by atoms with Gasteiger partial charge in [-0.3, -0.25) is 0 Å². The van der Waals surface area contributed by atoms with E-state index >= 15 is 0 Å². The Morgan fingerprint density at radius 2 is 2.06 bits per heavy atom. The summed E-state index contributed by atoms with van der Waals surface area (Å²) in [5, 5.41) is 10.3. The molecule has 1 saturated heterocycles. The monoisotopic (exact) mass is 253 g/mol. The predicted molar refractivity (Wildman–Crippen MR) is 67.9 cm³/mol. The summed E-state index contributed by atoms with van der Waals surface area (Å²) in [6, 6.07) is 5.19. The normalized spacial score (nSPS) is 18.3. The highest BCUT2D eigenvalue weighted by Gasteiger charge is 2.31. The summed E-state index contributed by atoms with van der Waals surface area (Å²) in [6.07, 6.45) is 1.18. The smallest absolute Gasteiger partial charge is 0.162 e. The van der Waals surface area contributed by atoms with Crippen molar-refractivity contribution in [3.05, 3.63) is 18.2 Å². The molecule has 1 aromatic carbocycles. The molecule has 100 valence electrons. The van der Waals surface area contributed by atoms with E-state index in [1.54, 1.807) is 25.3 Å². The number of rotatable bonds is 4. The van der Waals surface area contributed by atoms with Gasteiger partial charge in [0.25, 0.3) is 0 Å². The summed E-state index contributed by atoms with van der Waals surface area (Å²) in [5.41, 5.74) is 5.47. The second-order valence-corrected chi connectivity index (χ2v) is 4.54. The molecule has 0 bridgehead atoms. The van der Waals surface area contributed by atoms with Crippen LogP contribution < -0.4 is 15.2 Å². The maximum absolute atomic E-state index is 10.3. The molecule has 0 spiro atoms. The number of nitrogen functional groups attached to an aromatic ring is 1. The molecule has 1 aromatic rings. The first kappa shape index (κ1) is 13.0. The number of benzene rings is 1. The van der Waals surface area contributed by atoms with E-state index in [9.17, 15) is 5.11 Å². The topological polar surface area (TPSA) is 73.9 Å². The van der Waals surface area contributed by atoms with Crippen LogP contribution in [-0.2, 0) is 4.74 Å². The molecule has 1 fully saturated rings. The standard InChI is InChI=1S/C13H19NO4/c1-16-12-8-10(14)2-3-11(12)18-9-13(15)4-6-17-7-5-13/h2-3,8,15H,4-7,9,14H2,1H3. The molecule has 0 aliphatic carbocycles. The zero-order chi connectivity index (χ0) is 13.0. The number of nitrogens with two attached hydrogens (primary N) is 1. The van der Waals surface area contributed by atoms with Crippen LogP contribution in [0.5, 0.6) is 11.5 Å². The van der Waals surface area contributed by atoms with Crippen molar-refractivity contribution >= 4 is 5.69 Å². The van der Waals surface area contributed by atoms with Gasteiger partial charge in [-0.15, -0.1) is 0 Å². The van der Waals surface area contributed by atoms with Crippen molar-refractivity contribution in [2.24, 2.45) is 0 Å². The molecule has 0 radical (unpaired) electrons. The number of aliphatic hydroxyl groups is 1. The zero-order valence-electron chi connectivity index (χ0n) is 10.5. The molecule has 3 N–H and O–H groups in total. The Morgan fingerprint density at radius 3 is 2.72 bits per heavy atom. The number of anilines is 1. The molecule has 5 nitrogen and oxygen atoms in total. The van der Waals surface area contributed by atoms with Crippen LogP contribution in [0.1, 0.15) is 12.8 Å². The SMILES string of the molecule is COc1cc(N)ccc1OCC1(O)CCOCC1. The van der Waals surface area contributed by atoms with Crippen LogP contribution in [0.25, 0.3) is 0 Å². The third-order valence-electron chi connectivity index (χ3n) is 3.11. The average molecular weight is 253 g/mol. The molecule has 0 aromatic heterocycles. The highest BCUT2D eigenvalue weighted by Crippen LogP contribution is 2.30. The van der Waals surface area contributed by atoms with Gasteiger partial charge in [0.1, 0.15) is 12.2 Å². The Bertz CT molecular complexity index is 402. The third kappa shape index (κ3) is 3.05. The van der Waals surface area contributed by atoms with Gasteiger partial charge in [-0.2, -0.15) is 0 Å².